The van der Waals surface area contributed by atoms with Crippen LogP contribution in [-0.4, -0.2) is 76.2 Å². The van der Waals surface area contributed by atoms with Crippen molar-refractivity contribution < 1.29 is 23.8 Å². The molecule has 1 amide bonds. The number of halogens is 1. The number of Topliss-reactive ketones (excluding diaryl/α,β-unsaturated/α-hetero) is 1. The fourth-order valence-electron chi connectivity index (χ4n) is 4.24. The summed E-state index contributed by atoms with van der Waals surface area (Å²) in [5.41, 5.74) is 1.85. The van der Waals surface area contributed by atoms with Gasteiger partial charge in [0.25, 0.3) is 11.7 Å². The van der Waals surface area contributed by atoms with Gasteiger partial charge in [0.1, 0.15) is 11.6 Å². The maximum absolute atomic E-state index is 14.0. The number of nitrogens with one attached hydrogen (secondary N) is 1. The summed E-state index contributed by atoms with van der Waals surface area (Å²) in [4.78, 5) is 29.6. The van der Waals surface area contributed by atoms with Gasteiger partial charge >= 0.3 is 0 Å². The second kappa shape index (κ2) is 8.60. The van der Waals surface area contributed by atoms with Crippen molar-refractivity contribution in [2.45, 2.75) is 19.9 Å². The predicted molar refractivity (Wildman–Crippen MR) is 111 cm³/mol. The van der Waals surface area contributed by atoms with E-state index in [1.54, 1.807) is 19.9 Å². The number of H-pyrrole nitrogens is 1. The Morgan fingerprint density at radius 1 is 1.26 bits per heavy atom. The largest absolute Gasteiger partial charge is 0.507 e. The molecule has 1 aromatic heterocycles. The molecule has 2 aliphatic heterocycles. The quantitative estimate of drug-likeness (QED) is 0.429. The highest BCUT2D eigenvalue weighted by molar-refractivity contribution is 6.46. The third kappa shape index (κ3) is 3.98. The molecule has 0 spiro atoms. The molecule has 31 heavy (non-hydrogen) atoms. The Labute approximate surface area is 179 Å². The molecule has 0 aliphatic carbocycles. The molecule has 1 aromatic carbocycles. The average Bonchev–Trinajstić information content (AvgIpc) is 3.23. The number of nitrogens with zero attached hydrogens (tertiary/aromatic N) is 3. The minimum Gasteiger partial charge on any atom is -0.507 e. The molecule has 164 valence electrons. The molecule has 1 unspecified atom stereocenters. The van der Waals surface area contributed by atoms with Gasteiger partial charge in [0.05, 0.1) is 36.1 Å². The van der Waals surface area contributed by atoms with Crippen molar-refractivity contribution in [2.75, 3.05) is 39.4 Å². The van der Waals surface area contributed by atoms with Crippen LogP contribution in [0.4, 0.5) is 4.39 Å². The first-order chi connectivity index (χ1) is 14.9. The predicted octanol–water partition coefficient (Wildman–Crippen LogP) is 1.92. The molecule has 2 saturated heterocycles. The number of aliphatic hydroxyl groups is 1. The van der Waals surface area contributed by atoms with Crippen molar-refractivity contribution in [3.8, 4) is 0 Å². The van der Waals surface area contributed by atoms with E-state index in [1.165, 1.54) is 23.1 Å². The number of rotatable bonds is 5. The van der Waals surface area contributed by atoms with Gasteiger partial charge in [-0.3, -0.25) is 19.6 Å². The molecular formula is C22H25FN4O4. The van der Waals surface area contributed by atoms with Gasteiger partial charge in [-0.1, -0.05) is 12.1 Å². The van der Waals surface area contributed by atoms with Crippen LogP contribution in [0.25, 0.3) is 5.76 Å². The highest BCUT2D eigenvalue weighted by atomic mass is 19.1. The molecule has 9 heteroatoms. The standard InChI is InChI=1S/C22H25FN4O4/c1-13-17(14(2)25-24-13)20(28)18-19(15-4-3-5-16(23)12-15)27(22(30)21(18)29)7-6-26-8-10-31-11-9-26/h3-5,12,19,28H,6-11H2,1-2H3,(H,24,25)/b20-18+. The highest BCUT2D eigenvalue weighted by Gasteiger charge is 2.46. The van der Waals surface area contributed by atoms with E-state index in [4.69, 9.17) is 4.74 Å². The maximum Gasteiger partial charge on any atom is 0.295 e. The van der Waals surface area contributed by atoms with E-state index in [-0.39, 0.29) is 17.9 Å². The molecular weight excluding hydrogens is 403 g/mol. The summed E-state index contributed by atoms with van der Waals surface area (Å²) in [6.07, 6.45) is 0. The number of carbonyl (C=O) groups excluding carboxylic acids is 2. The van der Waals surface area contributed by atoms with Crippen molar-refractivity contribution >= 4 is 17.4 Å². The molecule has 0 radical (unpaired) electrons. The van der Waals surface area contributed by atoms with E-state index >= 15 is 0 Å². The van der Waals surface area contributed by atoms with Gasteiger partial charge in [0, 0.05) is 31.9 Å². The van der Waals surface area contributed by atoms with Crippen molar-refractivity contribution in [2.24, 2.45) is 0 Å². The summed E-state index contributed by atoms with van der Waals surface area (Å²) in [6, 6.07) is 4.89. The Balaban J connectivity index is 1.77. The van der Waals surface area contributed by atoms with Crippen LogP contribution in [0, 0.1) is 19.7 Å². The zero-order valence-electron chi connectivity index (χ0n) is 17.5. The number of amides is 1. The lowest BCUT2D eigenvalue weighted by atomic mass is 9.94. The minimum absolute atomic E-state index is 0.0508. The number of ether oxygens (including phenoxy) is 1. The monoisotopic (exact) mass is 428 g/mol. The second-order valence-corrected chi connectivity index (χ2v) is 7.81. The summed E-state index contributed by atoms with van der Waals surface area (Å²) in [7, 11) is 0. The molecule has 2 aromatic rings. The van der Waals surface area contributed by atoms with Gasteiger partial charge in [-0.05, 0) is 31.5 Å². The Morgan fingerprint density at radius 2 is 2.00 bits per heavy atom. The van der Waals surface area contributed by atoms with Gasteiger partial charge in [-0.2, -0.15) is 5.10 Å². The lowest BCUT2D eigenvalue weighted by molar-refractivity contribution is -0.140. The molecule has 2 fully saturated rings. The summed E-state index contributed by atoms with van der Waals surface area (Å²) < 4.78 is 19.4. The van der Waals surface area contributed by atoms with E-state index in [9.17, 15) is 19.1 Å². The van der Waals surface area contributed by atoms with Crippen LogP contribution in [0.3, 0.4) is 0 Å². The van der Waals surface area contributed by atoms with Crippen LogP contribution < -0.4 is 0 Å². The molecule has 4 rings (SSSR count). The van der Waals surface area contributed by atoms with Gasteiger partial charge in [-0.25, -0.2) is 4.39 Å². The summed E-state index contributed by atoms with van der Waals surface area (Å²) in [5, 5.41) is 17.9. The number of aryl methyl sites for hydroxylation is 2. The van der Waals surface area contributed by atoms with Crippen molar-refractivity contribution in [3.05, 3.63) is 58.2 Å². The molecule has 3 heterocycles. The molecule has 1 atom stereocenters. The SMILES string of the molecule is Cc1n[nH]c(C)c1/C(O)=C1\C(=O)C(=O)N(CCN2CCOCC2)C1c1cccc(F)c1. The third-order valence-electron chi connectivity index (χ3n) is 5.83. The lowest BCUT2D eigenvalue weighted by Gasteiger charge is -2.31. The highest BCUT2D eigenvalue weighted by Crippen LogP contribution is 2.40. The maximum atomic E-state index is 14.0. The number of morpholine rings is 1. The van der Waals surface area contributed by atoms with E-state index in [0.717, 1.165) is 13.1 Å². The topological polar surface area (TPSA) is 98.8 Å². The Morgan fingerprint density at radius 3 is 2.65 bits per heavy atom. The van der Waals surface area contributed by atoms with Crippen LogP contribution in [0.1, 0.15) is 28.6 Å². The zero-order valence-corrected chi connectivity index (χ0v) is 17.5. The van der Waals surface area contributed by atoms with Crippen molar-refractivity contribution in [3.63, 3.8) is 0 Å². The molecule has 0 bridgehead atoms. The van der Waals surface area contributed by atoms with E-state index in [1.807, 2.05) is 0 Å². The van der Waals surface area contributed by atoms with Gasteiger partial charge in [-0.15, -0.1) is 0 Å². The van der Waals surface area contributed by atoms with Gasteiger partial charge in [0.2, 0.25) is 0 Å². The van der Waals surface area contributed by atoms with Crippen LogP contribution >= 0.6 is 0 Å². The number of hydrogen-bond donors (Lipinski definition) is 2. The summed E-state index contributed by atoms with van der Waals surface area (Å²) in [5.74, 6) is -2.27. The Kier molecular flexibility index (Phi) is 5.88. The van der Waals surface area contributed by atoms with Crippen molar-refractivity contribution in [1.29, 1.82) is 0 Å². The molecule has 2 N–H and O–H groups in total. The van der Waals surface area contributed by atoms with Gasteiger partial charge < -0.3 is 14.7 Å². The average molecular weight is 428 g/mol. The van der Waals surface area contributed by atoms with E-state index < -0.39 is 23.5 Å². The first kappa shape index (κ1) is 21.2. The number of hydrogen-bond acceptors (Lipinski definition) is 6. The second-order valence-electron chi connectivity index (χ2n) is 7.81. The lowest BCUT2D eigenvalue weighted by Crippen LogP contribution is -2.42. The van der Waals surface area contributed by atoms with Crippen LogP contribution in [-0.2, 0) is 14.3 Å². The number of carbonyl (C=O) groups is 2. The first-order valence-corrected chi connectivity index (χ1v) is 10.2. The number of likely N-dealkylation sites (tertiary alicyclic amines) is 1. The Hall–Kier alpha value is -3.04. The fourth-order valence-corrected chi connectivity index (χ4v) is 4.24. The minimum atomic E-state index is -0.884. The number of aromatic amines is 1. The van der Waals surface area contributed by atoms with Crippen LogP contribution in [0.2, 0.25) is 0 Å². The fraction of sp³-hybridized carbons (Fsp3) is 0.409. The first-order valence-electron chi connectivity index (χ1n) is 10.2. The smallest absolute Gasteiger partial charge is 0.295 e. The number of benzene rings is 1. The van der Waals surface area contributed by atoms with Crippen LogP contribution in [0.5, 0.6) is 0 Å². The third-order valence-corrected chi connectivity index (χ3v) is 5.83. The molecule has 8 nitrogen and oxygen atoms in total. The molecule has 2 aliphatic rings. The number of aliphatic hydroxyl groups excluding tert-OH is 1. The van der Waals surface area contributed by atoms with Crippen LogP contribution in [0.15, 0.2) is 29.8 Å². The molecule has 0 saturated carbocycles. The summed E-state index contributed by atoms with van der Waals surface area (Å²) >= 11 is 0. The van der Waals surface area contributed by atoms with E-state index in [2.05, 4.69) is 15.1 Å². The number of ketones is 1. The normalized spacial score (nSPS) is 21.8. The summed E-state index contributed by atoms with van der Waals surface area (Å²) in [6.45, 7) is 6.95. The van der Waals surface area contributed by atoms with E-state index in [0.29, 0.717) is 42.3 Å². The van der Waals surface area contributed by atoms with Gasteiger partial charge in [0.15, 0.2) is 0 Å². The zero-order chi connectivity index (χ0) is 22.1. The number of aromatic nitrogens is 2. The van der Waals surface area contributed by atoms with Crippen molar-refractivity contribution in [1.82, 2.24) is 20.0 Å². The Bertz CT molecular complexity index is 1020.